The molecule has 0 radical (unpaired) electrons. The Labute approximate surface area is 183 Å². The summed E-state index contributed by atoms with van der Waals surface area (Å²) in [4.78, 5) is 16.3. The van der Waals surface area contributed by atoms with Gasteiger partial charge in [0.15, 0.2) is 6.04 Å². The summed E-state index contributed by atoms with van der Waals surface area (Å²) in [5.74, 6) is -0.0317. The number of halogens is 3. The molecule has 3 aliphatic rings. The molecule has 5 nitrogen and oxygen atoms in total. The smallest absolute Gasteiger partial charge is 0.362 e. The van der Waals surface area contributed by atoms with E-state index >= 15 is 0 Å². The second-order valence-corrected chi connectivity index (χ2v) is 11.5. The Hall–Kier alpha value is -2.03. The number of hydrogen-bond acceptors (Lipinski definition) is 4. The van der Waals surface area contributed by atoms with Crippen molar-refractivity contribution in [2.24, 2.45) is 10.8 Å². The number of thiophene rings is 1. The third-order valence-electron chi connectivity index (χ3n) is 7.03. The van der Waals surface area contributed by atoms with Gasteiger partial charge in [-0.25, -0.2) is 4.68 Å². The Morgan fingerprint density at radius 3 is 2.74 bits per heavy atom. The van der Waals surface area contributed by atoms with Crippen molar-refractivity contribution >= 4 is 23.1 Å². The van der Waals surface area contributed by atoms with Crippen molar-refractivity contribution < 1.29 is 18.0 Å². The highest BCUT2D eigenvalue weighted by atomic mass is 32.1. The minimum Gasteiger partial charge on any atom is -0.362 e. The van der Waals surface area contributed by atoms with Crippen LogP contribution in [0.3, 0.4) is 0 Å². The lowest BCUT2D eigenvalue weighted by Crippen LogP contribution is -2.39. The number of carbonyl (C=O) groups is 1. The van der Waals surface area contributed by atoms with Crippen molar-refractivity contribution in [1.29, 1.82) is 0 Å². The largest absolute Gasteiger partial charge is 0.410 e. The fraction of sp³-hybridized carbons (Fsp3) is 0.636. The summed E-state index contributed by atoms with van der Waals surface area (Å²) in [5, 5.41) is 9.09. The number of nitrogens with zero attached hydrogens (tertiary/aromatic N) is 3. The van der Waals surface area contributed by atoms with E-state index in [-0.39, 0.29) is 40.6 Å². The van der Waals surface area contributed by atoms with E-state index in [0.29, 0.717) is 6.54 Å². The Morgan fingerprint density at radius 2 is 2.06 bits per heavy atom. The molecule has 0 unspecified atom stereocenters. The zero-order valence-electron chi connectivity index (χ0n) is 17.9. The van der Waals surface area contributed by atoms with E-state index in [1.807, 2.05) is 22.4 Å². The van der Waals surface area contributed by atoms with Crippen LogP contribution in [0.4, 0.5) is 19.0 Å². The highest BCUT2D eigenvalue weighted by molar-refractivity contribution is 7.10. The van der Waals surface area contributed by atoms with E-state index < -0.39 is 18.3 Å². The van der Waals surface area contributed by atoms with E-state index in [2.05, 4.69) is 31.2 Å². The van der Waals surface area contributed by atoms with Crippen LogP contribution in [0, 0.1) is 10.8 Å². The molecule has 2 fully saturated rings. The van der Waals surface area contributed by atoms with Crippen LogP contribution in [0.25, 0.3) is 0 Å². The molecule has 2 aliphatic heterocycles. The maximum absolute atomic E-state index is 13.9. The summed E-state index contributed by atoms with van der Waals surface area (Å²) in [6, 6.07) is 1.51. The molecule has 1 amide bonds. The molecular weight excluding hydrogens is 425 g/mol. The molecule has 31 heavy (non-hydrogen) atoms. The van der Waals surface area contributed by atoms with Gasteiger partial charge in [-0.05, 0) is 41.5 Å². The number of nitrogens with one attached hydrogen (secondary N) is 1. The molecule has 1 aliphatic carbocycles. The van der Waals surface area contributed by atoms with E-state index in [1.54, 1.807) is 0 Å². The van der Waals surface area contributed by atoms with E-state index in [0.717, 1.165) is 28.8 Å². The second kappa shape index (κ2) is 6.73. The highest BCUT2D eigenvalue weighted by Gasteiger charge is 2.52. The first-order chi connectivity index (χ1) is 14.5. The van der Waals surface area contributed by atoms with Crippen LogP contribution in [0.5, 0.6) is 0 Å². The van der Waals surface area contributed by atoms with Gasteiger partial charge < -0.3 is 10.2 Å². The molecule has 9 heteroatoms. The van der Waals surface area contributed by atoms with E-state index in [9.17, 15) is 18.0 Å². The van der Waals surface area contributed by atoms with Gasteiger partial charge in [0.25, 0.3) is 5.91 Å². The molecule has 4 atom stereocenters. The van der Waals surface area contributed by atoms with Crippen LogP contribution in [0.1, 0.15) is 73.8 Å². The number of amides is 1. The Kier molecular flexibility index (Phi) is 4.53. The number of rotatable bonds is 2. The highest BCUT2D eigenvalue weighted by Crippen LogP contribution is 2.53. The molecule has 2 bridgehead atoms. The summed E-state index contributed by atoms with van der Waals surface area (Å²) in [6.45, 7) is 7.32. The molecule has 2 aromatic heterocycles. The van der Waals surface area contributed by atoms with E-state index in [1.165, 1.54) is 17.5 Å². The fourth-order valence-electron chi connectivity index (χ4n) is 6.25. The Balaban J connectivity index is 1.50. The Morgan fingerprint density at radius 1 is 1.29 bits per heavy atom. The predicted octanol–water partition coefficient (Wildman–Crippen LogP) is 5.65. The van der Waals surface area contributed by atoms with Crippen LogP contribution >= 0.6 is 11.3 Å². The summed E-state index contributed by atoms with van der Waals surface area (Å²) in [6.07, 6.45) is -0.376. The molecule has 0 spiro atoms. The second-order valence-electron chi connectivity index (χ2n) is 10.5. The van der Waals surface area contributed by atoms with Crippen LogP contribution in [0.2, 0.25) is 0 Å². The van der Waals surface area contributed by atoms with Gasteiger partial charge in [-0.15, -0.1) is 11.3 Å². The van der Waals surface area contributed by atoms with Crippen LogP contribution in [-0.2, 0) is 0 Å². The van der Waals surface area contributed by atoms with Gasteiger partial charge in [0.1, 0.15) is 11.4 Å². The van der Waals surface area contributed by atoms with Gasteiger partial charge in [0.2, 0.25) is 0 Å². The number of aromatic nitrogens is 2. The lowest BCUT2D eigenvalue weighted by Gasteiger charge is -2.39. The molecule has 1 saturated carbocycles. The molecule has 2 aromatic rings. The molecule has 0 aromatic carbocycles. The fourth-order valence-corrected chi connectivity index (χ4v) is 7.04. The lowest BCUT2D eigenvalue weighted by molar-refractivity contribution is -0.173. The lowest BCUT2D eigenvalue weighted by atomic mass is 9.65. The van der Waals surface area contributed by atoms with Crippen molar-refractivity contribution in [3.05, 3.63) is 34.2 Å². The van der Waals surface area contributed by atoms with Gasteiger partial charge in [0.05, 0.1) is 12.2 Å². The molecule has 4 heterocycles. The van der Waals surface area contributed by atoms with Crippen molar-refractivity contribution in [2.75, 3.05) is 11.9 Å². The molecule has 168 valence electrons. The standard InChI is InChI=1S/C22H27F3N4OS/c1-20(2)8-13-9-21(3,11-20)12-28(13)19(30)14-10-26-29-17(22(23,24)25)7-15(27-18(14)29)16-5-4-6-31-16/h4-6,10,13,15,17,27H,7-9,11-12H2,1-3H3/t13-,15-,17+,21-/m0/s1. The van der Waals surface area contributed by atoms with Gasteiger partial charge in [-0.1, -0.05) is 26.8 Å². The number of anilines is 1. The maximum atomic E-state index is 13.9. The van der Waals surface area contributed by atoms with Gasteiger partial charge in [0, 0.05) is 23.9 Å². The first-order valence-corrected chi connectivity index (χ1v) is 11.6. The van der Waals surface area contributed by atoms with Gasteiger partial charge in [-0.3, -0.25) is 4.79 Å². The third kappa shape index (κ3) is 3.54. The quantitative estimate of drug-likeness (QED) is 0.641. The summed E-state index contributed by atoms with van der Waals surface area (Å²) < 4.78 is 42.6. The Bertz CT molecular complexity index is 999. The maximum Gasteiger partial charge on any atom is 0.410 e. The number of fused-ring (bicyclic) bond motifs is 3. The first-order valence-electron chi connectivity index (χ1n) is 10.7. The summed E-state index contributed by atoms with van der Waals surface area (Å²) >= 11 is 1.42. The third-order valence-corrected chi connectivity index (χ3v) is 8.02. The van der Waals surface area contributed by atoms with Crippen LogP contribution in [-0.4, -0.2) is 39.4 Å². The van der Waals surface area contributed by atoms with Crippen molar-refractivity contribution in [1.82, 2.24) is 14.7 Å². The summed E-state index contributed by atoms with van der Waals surface area (Å²) in [5.41, 5.74) is 0.440. The molecule has 1 N–H and O–H groups in total. The number of likely N-dealkylation sites (tertiary alicyclic amines) is 1. The summed E-state index contributed by atoms with van der Waals surface area (Å²) in [7, 11) is 0. The van der Waals surface area contributed by atoms with Crippen LogP contribution in [0.15, 0.2) is 23.7 Å². The topological polar surface area (TPSA) is 50.2 Å². The number of alkyl halides is 3. The monoisotopic (exact) mass is 452 g/mol. The normalized spacial score (nSPS) is 31.9. The first kappa shape index (κ1) is 20.8. The number of carbonyl (C=O) groups excluding carboxylic acids is 1. The van der Waals surface area contributed by atoms with Crippen molar-refractivity contribution in [3.63, 3.8) is 0 Å². The zero-order chi connectivity index (χ0) is 22.2. The van der Waals surface area contributed by atoms with Gasteiger partial charge in [-0.2, -0.15) is 18.3 Å². The zero-order valence-corrected chi connectivity index (χ0v) is 18.7. The molecule has 5 rings (SSSR count). The minimum atomic E-state index is -4.44. The van der Waals surface area contributed by atoms with Crippen LogP contribution < -0.4 is 5.32 Å². The molecule has 1 saturated heterocycles. The SMILES string of the molecule is CC1(C)C[C@H]2C[C@](C)(CN2C(=O)c2cnn3c2N[C@H](c2cccs2)C[C@@H]3C(F)(F)F)C1. The number of hydrogen-bond donors (Lipinski definition) is 1. The minimum absolute atomic E-state index is 0.0523. The molecular formula is C22H27F3N4OS. The van der Waals surface area contributed by atoms with Gasteiger partial charge >= 0.3 is 6.18 Å². The van der Waals surface area contributed by atoms with E-state index in [4.69, 9.17) is 0 Å². The van der Waals surface area contributed by atoms with Crippen molar-refractivity contribution in [2.45, 2.75) is 70.8 Å². The average molecular weight is 453 g/mol. The van der Waals surface area contributed by atoms with Crippen molar-refractivity contribution in [3.8, 4) is 0 Å². The average Bonchev–Trinajstić information content (AvgIpc) is 3.36. The predicted molar refractivity (Wildman–Crippen MR) is 113 cm³/mol.